The maximum absolute atomic E-state index is 12.9. The van der Waals surface area contributed by atoms with Crippen molar-refractivity contribution in [3.63, 3.8) is 0 Å². The lowest BCUT2D eigenvalue weighted by Gasteiger charge is -2.17. The molecule has 2 aromatic carbocycles. The Morgan fingerprint density at radius 2 is 1.64 bits per heavy atom. The Balaban J connectivity index is 1.12. The van der Waals surface area contributed by atoms with E-state index >= 15 is 0 Å². The lowest BCUT2D eigenvalue weighted by molar-refractivity contribution is 0.0697. The Morgan fingerprint density at radius 1 is 0.909 bits per heavy atom. The van der Waals surface area contributed by atoms with Crippen LogP contribution in [0.1, 0.15) is 46.4 Å². The predicted octanol–water partition coefficient (Wildman–Crippen LogP) is 4.86. The van der Waals surface area contributed by atoms with Crippen LogP contribution in [0.2, 0.25) is 0 Å². The van der Waals surface area contributed by atoms with Gasteiger partial charge in [-0.1, -0.05) is 6.07 Å². The number of benzene rings is 3. The second-order valence-corrected chi connectivity index (χ2v) is 11.1. The zero-order valence-electron chi connectivity index (χ0n) is 23.7. The van der Waals surface area contributed by atoms with Gasteiger partial charge >= 0.3 is 12.1 Å². The Hall–Kier alpha value is -5.30. The highest BCUT2D eigenvalue weighted by atomic mass is 16.5. The van der Waals surface area contributed by atoms with Gasteiger partial charge in [0.1, 0.15) is 17.1 Å². The highest BCUT2D eigenvalue weighted by molar-refractivity contribution is 6.09. The number of carbonyl (C=O) groups is 3. The number of carboxylic acid groups (broad SMARTS) is 1. The summed E-state index contributed by atoms with van der Waals surface area (Å²) in [4.78, 5) is 49.5. The van der Waals surface area contributed by atoms with Crippen molar-refractivity contribution in [3.8, 4) is 40.0 Å². The number of amides is 2. The highest BCUT2D eigenvalue weighted by Crippen LogP contribution is 2.52. The van der Waals surface area contributed by atoms with E-state index in [1.54, 1.807) is 12.1 Å². The van der Waals surface area contributed by atoms with Gasteiger partial charge in [0.2, 0.25) is 0 Å². The first kappa shape index (κ1) is 28.8. The molecule has 1 unspecified atom stereocenters. The van der Waals surface area contributed by atoms with Crippen molar-refractivity contribution >= 4 is 28.9 Å². The minimum Gasteiger partial charge on any atom is -0.508 e. The minimum atomic E-state index is -1.25. The highest BCUT2D eigenvalue weighted by Gasteiger charge is 2.49. The van der Waals surface area contributed by atoms with Crippen LogP contribution in [0.25, 0.3) is 33.4 Å². The first-order valence-electron chi connectivity index (χ1n) is 14.5. The first-order valence-corrected chi connectivity index (χ1v) is 14.5. The van der Waals surface area contributed by atoms with Crippen LogP contribution < -0.4 is 16.1 Å². The third kappa shape index (κ3) is 5.95. The third-order valence-corrected chi connectivity index (χ3v) is 8.38. The molecule has 1 heterocycles. The molecular formula is C34H30N2O8. The quantitative estimate of drug-likeness (QED) is 0.128. The Labute approximate surface area is 252 Å². The van der Waals surface area contributed by atoms with Crippen LogP contribution in [-0.2, 0) is 4.74 Å². The van der Waals surface area contributed by atoms with E-state index < -0.39 is 18.0 Å². The smallest absolute Gasteiger partial charge is 0.407 e. The molecule has 2 amide bonds. The monoisotopic (exact) mass is 594 g/mol. The molecule has 6 rings (SSSR count). The summed E-state index contributed by atoms with van der Waals surface area (Å²) in [7, 11) is 0. The number of carboxylic acids is 1. The fraction of sp³-hybridized carbons (Fsp3) is 0.294. The van der Waals surface area contributed by atoms with Crippen molar-refractivity contribution in [1.29, 1.82) is 0 Å². The van der Waals surface area contributed by atoms with Gasteiger partial charge in [0.05, 0.1) is 12.2 Å². The standard InChI is InChI=1S/C34H30N2O8/c37-20-8-11-25-29(16-20)44-30-17-21(38)9-12-26(30)31(25)24-10-7-19(15-27(24)33(40)41)32(39)35-13-14-36-34(42)43-18-28-22-5-3-1-2-4-6-23(22)28/h7-12,15-17,22-23,28,37H,3-6,13-14,18H2,(H,35,39)(H,36,42)(H,40,41)/t22-,23+,28?. The van der Waals surface area contributed by atoms with Crippen molar-refractivity contribution in [2.45, 2.75) is 25.7 Å². The lowest BCUT2D eigenvalue weighted by atomic mass is 9.90. The molecule has 224 valence electrons. The summed E-state index contributed by atoms with van der Waals surface area (Å²) in [6, 6.07) is 13.0. The number of aromatic hydroxyl groups is 1. The molecule has 3 aliphatic carbocycles. The third-order valence-electron chi connectivity index (χ3n) is 8.38. The molecule has 4 aliphatic rings. The van der Waals surface area contributed by atoms with Crippen LogP contribution in [0, 0.1) is 29.6 Å². The van der Waals surface area contributed by atoms with Crippen LogP contribution in [0.3, 0.4) is 0 Å². The Morgan fingerprint density at radius 3 is 2.39 bits per heavy atom. The van der Waals surface area contributed by atoms with Crippen molar-refractivity contribution in [2.24, 2.45) is 17.8 Å². The van der Waals surface area contributed by atoms with Gasteiger partial charge in [0, 0.05) is 60.1 Å². The van der Waals surface area contributed by atoms with Crippen LogP contribution in [0.5, 0.6) is 5.75 Å². The molecule has 10 nitrogen and oxygen atoms in total. The zero-order chi connectivity index (χ0) is 30.8. The second-order valence-electron chi connectivity index (χ2n) is 11.1. The number of nitrogens with one attached hydrogen (secondary N) is 2. The summed E-state index contributed by atoms with van der Waals surface area (Å²) < 4.78 is 11.2. The molecular weight excluding hydrogens is 564 g/mol. The molecule has 2 aromatic rings. The van der Waals surface area contributed by atoms with Crippen LogP contribution in [-0.4, -0.2) is 47.9 Å². The molecule has 10 heteroatoms. The maximum atomic E-state index is 12.9. The fourth-order valence-electron chi connectivity index (χ4n) is 6.18. The van der Waals surface area contributed by atoms with Gasteiger partial charge in [-0.25, -0.2) is 9.59 Å². The number of fused-ring (bicyclic) bond motifs is 3. The average Bonchev–Trinajstić information content (AvgIpc) is 3.64. The van der Waals surface area contributed by atoms with Gasteiger partial charge in [-0.15, -0.1) is 11.8 Å². The summed E-state index contributed by atoms with van der Waals surface area (Å²) in [5.41, 5.74) is 1.25. The summed E-state index contributed by atoms with van der Waals surface area (Å²) >= 11 is 0. The SMILES string of the molecule is O=C(NCCNC(=O)c1ccc(-c2c3ccc(=O)cc-3oc3cc(O)ccc23)c(C(=O)O)c1)OCC1[C@H]2CCC#CCC[C@@H]12. The molecule has 0 aromatic heterocycles. The Bertz CT molecular complexity index is 1850. The van der Waals surface area contributed by atoms with E-state index in [2.05, 4.69) is 22.5 Å². The molecule has 4 N–H and O–H groups in total. The molecule has 1 saturated carbocycles. The topological polar surface area (TPSA) is 155 Å². The van der Waals surface area contributed by atoms with Crippen molar-refractivity contribution in [3.05, 3.63) is 75.9 Å². The summed E-state index contributed by atoms with van der Waals surface area (Å²) in [5.74, 6) is 6.27. The number of phenolic OH excluding ortho intramolecular Hbond substituents is 1. The fourth-order valence-corrected chi connectivity index (χ4v) is 6.18. The number of carbonyl (C=O) groups excluding carboxylic acids is 2. The van der Waals surface area contributed by atoms with E-state index in [0.29, 0.717) is 46.4 Å². The number of rotatable bonds is 8. The number of phenols is 1. The van der Waals surface area contributed by atoms with E-state index in [-0.39, 0.29) is 46.7 Å². The maximum Gasteiger partial charge on any atom is 0.407 e. The van der Waals surface area contributed by atoms with Crippen molar-refractivity contribution in [2.75, 3.05) is 19.7 Å². The minimum absolute atomic E-state index is 0.0556. The van der Waals surface area contributed by atoms with Crippen molar-refractivity contribution < 1.29 is 33.8 Å². The normalized spacial score (nSPS) is 18.7. The van der Waals surface area contributed by atoms with Gasteiger partial charge in [-0.05, 0) is 72.6 Å². The molecule has 0 bridgehead atoms. The molecule has 3 atom stereocenters. The number of hydrogen-bond acceptors (Lipinski definition) is 7. The predicted molar refractivity (Wildman–Crippen MR) is 162 cm³/mol. The van der Waals surface area contributed by atoms with Gasteiger partial charge in [0.25, 0.3) is 5.91 Å². The van der Waals surface area contributed by atoms with Crippen molar-refractivity contribution in [1.82, 2.24) is 10.6 Å². The zero-order valence-corrected chi connectivity index (χ0v) is 23.7. The second kappa shape index (κ2) is 12.1. The van der Waals surface area contributed by atoms with E-state index in [1.807, 2.05) is 0 Å². The Kier molecular flexibility index (Phi) is 7.94. The molecule has 1 fully saturated rings. The van der Waals surface area contributed by atoms with Crippen LogP contribution in [0.15, 0.2) is 63.8 Å². The first-order chi connectivity index (χ1) is 21.3. The number of hydrogen-bond donors (Lipinski definition) is 4. The van der Waals surface area contributed by atoms with E-state index in [0.717, 1.165) is 25.7 Å². The van der Waals surface area contributed by atoms with E-state index in [9.17, 15) is 29.4 Å². The van der Waals surface area contributed by atoms with E-state index in [4.69, 9.17) is 9.15 Å². The number of ether oxygens (including phenoxy) is 1. The molecule has 0 radical (unpaired) electrons. The van der Waals surface area contributed by atoms with Crippen LogP contribution >= 0.6 is 0 Å². The number of alkyl carbamates (subject to hydrolysis) is 1. The average molecular weight is 595 g/mol. The van der Waals surface area contributed by atoms with Gasteiger partial charge in [0.15, 0.2) is 5.43 Å². The lowest BCUT2D eigenvalue weighted by Crippen LogP contribution is -2.35. The molecule has 1 aliphatic heterocycles. The molecule has 44 heavy (non-hydrogen) atoms. The summed E-state index contributed by atoms with van der Waals surface area (Å²) in [6.07, 6.45) is 3.34. The van der Waals surface area contributed by atoms with Crippen LogP contribution in [0.4, 0.5) is 4.79 Å². The van der Waals surface area contributed by atoms with Gasteiger partial charge in [-0.2, -0.15) is 0 Å². The summed E-state index contributed by atoms with van der Waals surface area (Å²) in [6.45, 7) is 0.623. The van der Waals surface area contributed by atoms with Gasteiger partial charge in [-0.3, -0.25) is 9.59 Å². The molecule has 0 spiro atoms. The molecule has 0 saturated heterocycles. The summed E-state index contributed by atoms with van der Waals surface area (Å²) in [5, 5.41) is 26.0. The van der Waals surface area contributed by atoms with E-state index in [1.165, 1.54) is 42.5 Å². The van der Waals surface area contributed by atoms with Gasteiger partial charge < -0.3 is 30.0 Å². The number of aromatic carboxylic acids is 1. The largest absolute Gasteiger partial charge is 0.508 e.